The molecule has 0 saturated carbocycles. The summed E-state index contributed by atoms with van der Waals surface area (Å²) in [5.74, 6) is 0.864. The topological polar surface area (TPSA) is 65.2 Å². The minimum Gasteiger partial charge on any atom is -0.464 e. The third kappa shape index (κ3) is 2.45. The average molecular weight is 253 g/mol. The summed E-state index contributed by atoms with van der Waals surface area (Å²) in [7, 11) is 1.27. The SMILES string of the molecule is COC(=O)c1cc(Cl)nc(-c2ccc(C)o2)n1. The van der Waals surface area contributed by atoms with Gasteiger partial charge in [-0.15, -0.1) is 0 Å². The van der Waals surface area contributed by atoms with Gasteiger partial charge in [0.1, 0.15) is 10.9 Å². The number of methoxy groups -OCH3 is 1. The number of halogens is 1. The van der Waals surface area contributed by atoms with Gasteiger partial charge in [-0.1, -0.05) is 11.6 Å². The summed E-state index contributed by atoms with van der Waals surface area (Å²) >= 11 is 5.81. The molecular weight excluding hydrogens is 244 g/mol. The molecule has 2 rings (SSSR count). The molecule has 0 radical (unpaired) electrons. The van der Waals surface area contributed by atoms with Gasteiger partial charge in [0.2, 0.25) is 0 Å². The standard InChI is InChI=1S/C11H9ClN2O3/c1-6-3-4-8(17-6)10-13-7(11(15)16-2)5-9(12)14-10/h3-5H,1-2H3. The van der Waals surface area contributed by atoms with E-state index >= 15 is 0 Å². The summed E-state index contributed by atoms with van der Waals surface area (Å²) in [6, 6.07) is 4.83. The number of rotatable bonds is 2. The van der Waals surface area contributed by atoms with Crippen LogP contribution < -0.4 is 0 Å². The Bertz CT molecular complexity index is 566. The third-order valence-corrected chi connectivity index (χ3v) is 2.24. The second-order valence-corrected chi connectivity index (χ2v) is 3.69. The molecule has 2 heterocycles. The van der Waals surface area contributed by atoms with Crippen LogP contribution in [0.1, 0.15) is 16.2 Å². The smallest absolute Gasteiger partial charge is 0.356 e. The van der Waals surface area contributed by atoms with Gasteiger partial charge in [-0.2, -0.15) is 0 Å². The summed E-state index contributed by atoms with van der Waals surface area (Å²) in [5, 5.41) is 0.157. The van der Waals surface area contributed by atoms with Crippen molar-refractivity contribution in [2.75, 3.05) is 7.11 Å². The van der Waals surface area contributed by atoms with Crippen molar-refractivity contribution in [1.29, 1.82) is 0 Å². The number of carbonyl (C=O) groups excluding carboxylic acids is 1. The van der Waals surface area contributed by atoms with Gasteiger partial charge < -0.3 is 9.15 Å². The zero-order valence-electron chi connectivity index (χ0n) is 9.23. The molecule has 0 amide bonds. The lowest BCUT2D eigenvalue weighted by Crippen LogP contribution is -2.06. The molecule has 17 heavy (non-hydrogen) atoms. The molecule has 0 aliphatic carbocycles. The minimum absolute atomic E-state index is 0.0940. The first kappa shape index (κ1) is 11.6. The Kier molecular flexibility index (Phi) is 3.10. The fourth-order valence-corrected chi connectivity index (χ4v) is 1.48. The van der Waals surface area contributed by atoms with E-state index in [-0.39, 0.29) is 16.7 Å². The predicted molar refractivity (Wildman–Crippen MR) is 60.8 cm³/mol. The second-order valence-electron chi connectivity index (χ2n) is 3.30. The summed E-state index contributed by atoms with van der Waals surface area (Å²) < 4.78 is 9.93. The van der Waals surface area contributed by atoms with Crippen molar-refractivity contribution in [3.8, 4) is 11.6 Å². The molecule has 0 N–H and O–H groups in total. The van der Waals surface area contributed by atoms with Crippen LogP contribution in [0.5, 0.6) is 0 Å². The molecule has 0 aliphatic rings. The van der Waals surface area contributed by atoms with Crippen LogP contribution in [0, 0.1) is 6.92 Å². The molecule has 88 valence electrons. The van der Waals surface area contributed by atoms with Gasteiger partial charge in [-0.05, 0) is 19.1 Å². The average Bonchev–Trinajstić information content (AvgIpc) is 2.74. The van der Waals surface area contributed by atoms with Gasteiger partial charge in [0.25, 0.3) is 0 Å². The molecule has 0 spiro atoms. The molecular formula is C11H9ClN2O3. The fourth-order valence-electron chi connectivity index (χ4n) is 1.29. The van der Waals surface area contributed by atoms with E-state index in [2.05, 4.69) is 14.7 Å². The molecule has 0 unspecified atom stereocenters. The summed E-state index contributed by atoms with van der Waals surface area (Å²) in [5.41, 5.74) is 0.0940. The highest BCUT2D eigenvalue weighted by atomic mass is 35.5. The van der Waals surface area contributed by atoms with Crippen molar-refractivity contribution in [2.24, 2.45) is 0 Å². The number of nitrogens with zero attached hydrogens (tertiary/aromatic N) is 2. The van der Waals surface area contributed by atoms with E-state index in [0.29, 0.717) is 5.76 Å². The van der Waals surface area contributed by atoms with E-state index in [9.17, 15) is 4.79 Å². The van der Waals surface area contributed by atoms with Gasteiger partial charge in [0.15, 0.2) is 17.3 Å². The molecule has 0 aromatic carbocycles. The number of hydrogen-bond donors (Lipinski definition) is 0. The molecule has 0 saturated heterocycles. The Hall–Kier alpha value is -1.88. The lowest BCUT2D eigenvalue weighted by molar-refractivity contribution is 0.0594. The first-order valence-electron chi connectivity index (χ1n) is 4.80. The number of aromatic nitrogens is 2. The Morgan fingerprint density at radius 1 is 1.41 bits per heavy atom. The number of esters is 1. The van der Waals surface area contributed by atoms with Crippen molar-refractivity contribution in [3.63, 3.8) is 0 Å². The van der Waals surface area contributed by atoms with E-state index in [1.807, 2.05) is 0 Å². The lowest BCUT2D eigenvalue weighted by atomic mass is 10.3. The number of hydrogen-bond acceptors (Lipinski definition) is 5. The molecule has 2 aromatic heterocycles. The maximum atomic E-state index is 11.4. The molecule has 0 atom stereocenters. The van der Waals surface area contributed by atoms with Crippen LogP contribution in [0.15, 0.2) is 22.6 Å². The lowest BCUT2D eigenvalue weighted by Gasteiger charge is -2.01. The Morgan fingerprint density at radius 2 is 2.18 bits per heavy atom. The molecule has 0 bridgehead atoms. The highest BCUT2D eigenvalue weighted by molar-refractivity contribution is 6.29. The highest BCUT2D eigenvalue weighted by Gasteiger charge is 2.14. The molecule has 0 fully saturated rings. The van der Waals surface area contributed by atoms with Crippen molar-refractivity contribution >= 4 is 17.6 Å². The van der Waals surface area contributed by atoms with E-state index in [0.717, 1.165) is 5.76 Å². The van der Waals surface area contributed by atoms with E-state index in [1.165, 1.54) is 13.2 Å². The van der Waals surface area contributed by atoms with Gasteiger partial charge in [-0.25, -0.2) is 14.8 Å². The van der Waals surface area contributed by atoms with Crippen molar-refractivity contribution in [1.82, 2.24) is 9.97 Å². The Balaban J connectivity index is 2.48. The Morgan fingerprint density at radius 3 is 2.76 bits per heavy atom. The van der Waals surface area contributed by atoms with E-state index < -0.39 is 5.97 Å². The van der Waals surface area contributed by atoms with Crippen molar-refractivity contribution < 1.29 is 13.9 Å². The van der Waals surface area contributed by atoms with Gasteiger partial charge in [0, 0.05) is 6.07 Å². The van der Waals surface area contributed by atoms with Crippen LogP contribution in [0.25, 0.3) is 11.6 Å². The molecule has 6 heteroatoms. The van der Waals surface area contributed by atoms with Crippen molar-refractivity contribution in [2.45, 2.75) is 6.92 Å². The monoisotopic (exact) mass is 252 g/mol. The van der Waals surface area contributed by atoms with Crippen LogP contribution >= 0.6 is 11.6 Å². The maximum absolute atomic E-state index is 11.4. The summed E-state index contributed by atoms with van der Waals surface area (Å²) in [6.07, 6.45) is 0. The van der Waals surface area contributed by atoms with E-state index in [1.54, 1.807) is 19.1 Å². The van der Waals surface area contributed by atoms with Crippen LogP contribution in [0.3, 0.4) is 0 Å². The van der Waals surface area contributed by atoms with Gasteiger partial charge in [-0.3, -0.25) is 0 Å². The summed E-state index contributed by atoms with van der Waals surface area (Å²) in [4.78, 5) is 19.4. The zero-order valence-corrected chi connectivity index (χ0v) is 9.99. The predicted octanol–water partition coefficient (Wildman–Crippen LogP) is 2.49. The first-order valence-corrected chi connectivity index (χ1v) is 5.17. The number of ether oxygens (including phenoxy) is 1. The molecule has 0 aliphatic heterocycles. The first-order chi connectivity index (χ1) is 8.10. The third-order valence-electron chi connectivity index (χ3n) is 2.05. The van der Waals surface area contributed by atoms with Gasteiger partial charge >= 0.3 is 5.97 Å². The zero-order chi connectivity index (χ0) is 12.4. The normalized spacial score (nSPS) is 10.3. The Labute approximate surface area is 102 Å². The molecule has 5 nitrogen and oxygen atoms in total. The number of aryl methyl sites for hydroxylation is 1. The van der Waals surface area contributed by atoms with Crippen LogP contribution in [-0.4, -0.2) is 23.0 Å². The highest BCUT2D eigenvalue weighted by Crippen LogP contribution is 2.20. The van der Waals surface area contributed by atoms with Gasteiger partial charge in [0.05, 0.1) is 7.11 Å². The van der Waals surface area contributed by atoms with Crippen molar-refractivity contribution in [3.05, 3.63) is 34.8 Å². The van der Waals surface area contributed by atoms with Crippen LogP contribution in [0.2, 0.25) is 5.15 Å². The summed E-state index contributed by atoms with van der Waals surface area (Å²) in [6.45, 7) is 1.80. The van der Waals surface area contributed by atoms with E-state index in [4.69, 9.17) is 16.0 Å². The second kappa shape index (κ2) is 4.55. The maximum Gasteiger partial charge on any atom is 0.356 e. The molecule has 2 aromatic rings. The largest absolute Gasteiger partial charge is 0.464 e. The fraction of sp³-hybridized carbons (Fsp3) is 0.182. The quantitative estimate of drug-likeness (QED) is 0.607. The number of furan rings is 1. The van der Waals surface area contributed by atoms with Crippen LogP contribution in [-0.2, 0) is 4.74 Å². The minimum atomic E-state index is -0.571. The number of carbonyl (C=O) groups is 1. The van der Waals surface area contributed by atoms with Crippen LogP contribution in [0.4, 0.5) is 0 Å².